The fourth-order valence-corrected chi connectivity index (χ4v) is 4.51. The van der Waals surface area contributed by atoms with Crippen molar-refractivity contribution in [3.8, 4) is 0 Å². The van der Waals surface area contributed by atoms with Crippen molar-refractivity contribution in [2.24, 2.45) is 11.8 Å². The van der Waals surface area contributed by atoms with Gasteiger partial charge in [0.05, 0.1) is 4.88 Å². The number of likely N-dealkylation sites (tertiary alicyclic amines) is 1. The molecule has 5 nitrogen and oxygen atoms in total. The van der Waals surface area contributed by atoms with E-state index >= 15 is 0 Å². The molecule has 0 spiro atoms. The van der Waals surface area contributed by atoms with E-state index in [2.05, 4.69) is 0 Å². The molecular weight excluding hydrogens is 290 g/mol. The maximum atomic E-state index is 12.6. The Bertz CT molecular complexity index is 609. The van der Waals surface area contributed by atoms with E-state index < -0.39 is 12.0 Å². The summed E-state index contributed by atoms with van der Waals surface area (Å²) in [5.41, 5.74) is 0.509. The maximum Gasteiger partial charge on any atom is 0.326 e. The molecule has 0 radical (unpaired) electrons. The number of hydrogen-bond donors (Lipinski definition) is 1. The number of thiophene rings is 1. The van der Waals surface area contributed by atoms with E-state index in [-0.39, 0.29) is 17.6 Å². The molecule has 2 aliphatic rings. The molecule has 21 heavy (non-hydrogen) atoms. The molecule has 3 rings (SSSR count). The fourth-order valence-electron chi connectivity index (χ4n) is 3.61. The number of carbonyl (C=O) groups excluding carboxylic acids is 2. The monoisotopic (exact) mass is 307 g/mol. The molecular formula is C15H17NO4S. The molecule has 1 saturated carbocycles. The van der Waals surface area contributed by atoms with Crippen LogP contribution in [0, 0.1) is 11.8 Å². The Kier molecular flexibility index (Phi) is 3.57. The van der Waals surface area contributed by atoms with Gasteiger partial charge >= 0.3 is 5.97 Å². The Labute approximate surface area is 126 Å². The van der Waals surface area contributed by atoms with Gasteiger partial charge in [0.1, 0.15) is 6.04 Å². The molecule has 2 heterocycles. The van der Waals surface area contributed by atoms with E-state index in [1.165, 1.54) is 23.2 Å². The summed E-state index contributed by atoms with van der Waals surface area (Å²) in [5.74, 6) is -0.866. The number of amides is 1. The van der Waals surface area contributed by atoms with Crippen molar-refractivity contribution in [1.29, 1.82) is 0 Å². The lowest BCUT2D eigenvalue weighted by Gasteiger charge is -2.23. The van der Waals surface area contributed by atoms with Gasteiger partial charge in [-0.15, -0.1) is 11.3 Å². The minimum atomic E-state index is -0.916. The largest absolute Gasteiger partial charge is 0.480 e. The molecule has 1 aliphatic heterocycles. The molecule has 1 aliphatic carbocycles. The summed E-state index contributed by atoms with van der Waals surface area (Å²) in [6, 6.07) is 0.857. The fraction of sp³-hybridized carbons (Fsp3) is 0.533. The molecule has 1 saturated heterocycles. The lowest BCUT2D eigenvalue weighted by atomic mass is 9.94. The molecule has 0 unspecified atom stereocenters. The highest BCUT2D eigenvalue weighted by molar-refractivity contribution is 7.12. The average molecular weight is 307 g/mol. The Hall–Kier alpha value is -1.69. The number of carboxylic acid groups (broad SMARTS) is 1. The first-order valence-electron chi connectivity index (χ1n) is 7.12. The Balaban J connectivity index is 1.86. The van der Waals surface area contributed by atoms with Gasteiger partial charge < -0.3 is 10.0 Å². The molecule has 0 bridgehead atoms. The minimum absolute atomic E-state index is 0.0821. The predicted octanol–water partition coefficient (Wildman–Crippen LogP) is 2.28. The van der Waals surface area contributed by atoms with Gasteiger partial charge in [0.25, 0.3) is 5.91 Å². The molecule has 112 valence electrons. The lowest BCUT2D eigenvalue weighted by molar-refractivity contribution is -0.142. The molecule has 1 aromatic rings. The number of aliphatic carboxylic acids is 1. The topological polar surface area (TPSA) is 74.7 Å². The van der Waals surface area contributed by atoms with Crippen LogP contribution in [0.25, 0.3) is 0 Å². The minimum Gasteiger partial charge on any atom is -0.480 e. The number of hydrogen-bond acceptors (Lipinski definition) is 4. The number of carbonyl (C=O) groups is 3. The Morgan fingerprint density at radius 2 is 2.10 bits per heavy atom. The summed E-state index contributed by atoms with van der Waals surface area (Å²) >= 11 is 1.21. The molecule has 1 aromatic heterocycles. The lowest BCUT2D eigenvalue weighted by Crippen LogP contribution is -2.43. The number of Topliss-reactive ketones (excluding diaryl/α,β-unsaturated/α-hetero) is 1. The van der Waals surface area contributed by atoms with Crippen molar-refractivity contribution in [3.63, 3.8) is 0 Å². The highest BCUT2D eigenvalue weighted by atomic mass is 32.1. The van der Waals surface area contributed by atoms with E-state index in [0.29, 0.717) is 22.9 Å². The second kappa shape index (κ2) is 5.26. The van der Waals surface area contributed by atoms with Crippen molar-refractivity contribution >= 4 is 29.0 Å². The van der Waals surface area contributed by atoms with Gasteiger partial charge in [0, 0.05) is 17.5 Å². The first kappa shape index (κ1) is 14.3. The quantitative estimate of drug-likeness (QED) is 0.869. The first-order valence-corrected chi connectivity index (χ1v) is 8.00. The third-order valence-corrected chi connectivity index (χ3v) is 5.54. The third kappa shape index (κ3) is 2.37. The van der Waals surface area contributed by atoms with Crippen molar-refractivity contribution in [2.45, 2.75) is 32.2 Å². The second-order valence-electron chi connectivity index (χ2n) is 5.85. The third-order valence-electron chi connectivity index (χ3n) is 4.62. The van der Waals surface area contributed by atoms with Crippen LogP contribution in [0.3, 0.4) is 0 Å². The van der Waals surface area contributed by atoms with Crippen LogP contribution in [0.5, 0.6) is 0 Å². The van der Waals surface area contributed by atoms with Gasteiger partial charge in [0.2, 0.25) is 0 Å². The van der Waals surface area contributed by atoms with Gasteiger partial charge in [-0.3, -0.25) is 9.59 Å². The van der Waals surface area contributed by atoms with Crippen LogP contribution in [-0.4, -0.2) is 40.3 Å². The van der Waals surface area contributed by atoms with Crippen molar-refractivity contribution in [2.75, 3.05) is 6.54 Å². The van der Waals surface area contributed by atoms with E-state index in [0.717, 1.165) is 19.3 Å². The zero-order valence-electron chi connectivity index (χ0n) is 11.7. The van der Waals surface area contributed by atoms with Crippen molar-refractivity contribution in [1.82, 2.24) is 4.90 Å². The van der Waals surface area contributed by atoms with E-state index in [1.807, 2.05) is 0 Å². The second-order valence-corrected chi connectivity index (χ2v) is 6.76. The number of rotatable bonds is 3. The normalized spacial score (nSPS) is 27.7. The Morgan fingerprint density at radius 3 is 2.71 bits per heavy atom. The van der Waals surface area contributed by atoms with Crippen LogP contribution in [-0.2, 0) is 4.79 Å². The van der Waals surface area contributed by atoms with Crippen LogP contribution in [0.1, 0.15) is 46.2 Å². The summed E-state index contributed by atoms with van der Waals surface area (Å²) < 4.78 is 0. The molecule has 2 fully saturated rings. The molecule has 1 amide bonds. The highest BCUT2D eigenvalue weighted by Gasteiger charge is 2.49. The number of nitrogens with zero attached hydrogens (tertiary/aromatic N) is 1. The van der Waals surface area contributed by atoms with Crippen molar-refractivity contribution < 1.29 is 19.5 Å². The number of fused-ring (bicyclic) bond motifs is 1. The van der Waals surface area contributed by atoms with E-state index in [9.17, 15) is 19.5 Å². The number of ketones is 1. The summed E-state index contributed by atoms with van der Waals surface area (Å²) in [6.07, 6.45) is 2.94. The molecule has 1 N–H and O–H groups in total. The van der Waals surface area contributed by atoms with Gasteiger partial charge in [-0.2, -0.15) is 0 Å². The van der Waals surface area contributed by atoms with Gasteiger partial charge in [-0.1, -0.05) is 6.42 Å². The highest BCUT2D eigenvalue weighted by Crippen LogP contribution is 2.43. The van der Waals surface area contributed by atoms with E-state index in [1.54, 1.807) is 11.4 Å². The summed E-state index contributed by atoms with van der Waals surface area (Å²) in [5, 5.41) is 11.1. The SMILES string of the molecule is CC(=O)c1csc(C(=O)N2C[C@@H]3CCC[C@H]3[C@@H]2C(=O)O)c1. The first-order chi connectivity index (χ1) is 9.99. The van der Waals surface area contributed by atoms with Crippen LogP contribution in [0.15, 0.2) is 11.4 Å². The maximum absolute atomic E-state index is 12.6. The zero-order chi connectivity index (χ0) is 15.1. The van der Waals surface area contributed by atoms with Gasteiger partial charge in [0.15, 0.2) is 5.78 Å². The standard InChI is InChI=1S/C15H17NO4S/c1-8(17)10-5-12(21-7-10)14(18)16-6-9-3-2-4-11(9)13(16)15(19)20/h5,7,9,11,13H,2-4,6H2,1H3,(H,19,20)/t9-,11+,13+/m0/s1. The van der Waals surface area contributed by atoms with Crippen LogP contribution < -0.4 is 0 Å². The Morgan fingerprint density at radius 1 is 1.33 bits per heavy atom. The molecule has 0 aromatic carbocycles. The zero-order valence-corrected chi connectivity index (χ0v) is 12.6. The summed E-state index contributed by atoms with van der Waals surface area (Å²) in [4.78, 5) is 37.4. The molecule has 3 atom stereocenters. The van der Waals surface area contributed by atoms with E-state index in [4.69, 9.17) is 0 Å². The van der Waals surface area contributed by atoms with Crippen LogP contribution >= 0.6 is 11.3 Å². The summed E-state index contributed by atoms with van der Waals surface area (Å²) in [6.45, 7) is 1.98. The smallest absolute Gasteiger partial charge is 0.326 e. The number of carboxylic acids is 1. The van der Waals surface area contributed by atoms with Crippen molar-refractivity contribution in [3.05, 3.63) is 21.9 Å². The van der Waals surface area contributed by atoms with Crippen LogP contribution in [0.4, 0.5) is 0 Å². The summed E-state index contributed by atoms with van der Waals surface area (Å²) in [7, 11) is 0. The predicted molar refractivity (Wildman–Crippen MR) is 77.6 cm³/mol. The van der Waals surface area contributed by atoms with Gasteiger partial charge in [-0.05, 0) is 37.7 Å². The average Bonchev–Trinajstić information content (AvgIpc) is 3.11. The van der Waals surface area contributed by atoms with Crippen LogP contribution in [0.2, 0.25) is 0 Å². The molecule has 6 heteroatoms. The van der Waals surface area contributed by atoms with Gasteiger partial charge in [-0.25, -0.2) is 4.79 Å².